The predicted molar refractivity (Wildman–Crippen MR) is 76.9 cm³/mol. The number of anilines is 2. The lowest BCUT2D eigenvalue weighted by Crippen LogP contribution is -2.02. The molecule has 0 saturated heterocycles. The van der Waals surface area contributed by atoms with Gasteiger partial charge in [-0.3, -0.25) is 0 Å². The molecular formula is C15H15N3O. The maximum atomic E-state index is 6.10. The zero-order valence-corrected chi connectivity index (χ0v) is 10.7. The molecule has 0 fully saturated rings. The molecule has 19 heavy (non-hydrogen) atoms. The van der Waals surface area contributed by atoms with Crippen molar-refractivity contribution >= 4 is 22.3 Å². The Hall–Kier alpha value is -2.49. The molecule has 0 bridgehead atoms. The van der Waals surface area contributed by atoms with E-state index in [-0.39, 0.29) is 0 Å². The normalized spacial score (nSPS) is 10.8. The van der Waals surface area contributed by atoms with Gasteiger partial charge in [-0.15, -0.1) is 0 Å². The average molecular weight is 253 g/mol. The number of benzene rings is 1. The first-order valence-corrected chi connectivity index (χ1v) is 6.16. The summed E-state index contributed by atoms with van der Waals surface area (Å²) < 4.78 is 5.30. The van der Waals surface area contributed by atoms with Gasteiger partial charge in [-0.2, -0.15) is 0 Å². The molecule has 96 valence electrons. The maximum Gasteiger partial charge on any atom is 0.134 e. The number of pyridine rings is 1. The topological polar surface area (TPSA) is 64.1 Å². The zero-order valence-electron chi connectivity index (χ0n) is 10.7. The van der Waals surface area contributed by atoms with Crippen LogP contribution in [-0.2, 0) is 6.54 Å². The van der Waals surface area contributed by atoms with Crippen LogP contribution in [-0.4, -0.2) is 4.98 Å². The molecule has 0 aliphatic heterocycles. The Morgan fingerprint density at radius 3 is 2.89 bits per heavy atom. The summed E-state index contributed by atoms with van der Waals surface area (Å²) in [7, 11) is 0. The highest BCUT2D eigenvalue weighted by Crippen LogP contribution is 2.28. The van der Waals surface area contributed by atoms with Crippen molar-refractivity contribution < 1.29 is 4.42 Å². The molecule has 1 aromatic carbocycles. The minimum absolute atomic E-state index is 0.604. The zero-order chi connectivity index (χ0) is 13.2. The minimum Gasteiger partial charge on any atom is -0.467 e. The smallest absolute Gasteiger partial charge is 0.134 e. The van der Waals surface area contributed by atoms with Crippen molar-refractivity contribution in [2.75, 3.05) is 11.1 Å². The van der Waals surface area contributed by atoms with Crippen LogP contribution in [0.4, 0.5) is 11.5 Å². The molecule has 0 spiro atoms. The number of hydrogen-bond acceptors (Lipinski definition) is 4. The van der Waals surface area contributed by atoms with Crippen LogP contribution in [0.15, 0.2) is 47.2 Å². The molecular weight excluding hydrogens is 238 g/mol. The first-order valence-electron chi connectivity index (χ1n) is 6.16. The number of nitrogens with two attached hydrogens (primary N) is 1. The standard InChI is InChI=1S/C15H15N3O/c1-10-4-5-13-12(14(10)16)6-7-17-15(13)18-9-11-3-2-8-19-11/h2-8H,9,16H2,1H3,(H,17,18). The van der Waals surface area contributed by atoms with Gasteiger partial charge in [0.25, 0.3) is 0 Å². The first-order chi connectivity index (χ1) is 9.25. The maximum absolute atomic E-state index is 6.10. The van der Waals surface area contributed by atoms with E-state index < -0.39 is 0 Å². The summed E-state index contributed by atoms with van der Waals surface area (Å²) in [6.07, 6.45) is 3.43. The van der Waals surface area contributed by atoms with Gasteiger partial charge in [0.15, 0.2) is 0 Å². The van der Waals surface area contributed by atoms with Crippen LogP contribution in [0.5, 0.6) is 0 Å². The van der Waals surface area contributed by atoms with Crippen LogP contribution in [0, 0.1) is 6.92 Å². The summed E-state index contributed by atoms with van der Waals surface area (Å²) in [4.78, 5) is 4.37. The van der Waals surface area contributed by atoms with E-state index in [4.69, 9.17) is 10.2 Å². The number of hydrogen-bond donors (Lipinski definition) is 2. The summed E-state index contributed by atoms with van der Waals surface area (Å²) in [5, 5.41) is 5.33. The monoisotopic (exact) mass is 253 g/mol. The number of nitrogens with zero attached hydrogens (tertiary/aromatic N) is 1. The van der Waals surface area contributed by atoms with Gasteiger partial charge >= 0.3 is 0 Å². The molecule has 0 radical (unpaired) electrons. The molecule has 3 aromatic rings. The van der Waals surface area contributed by atoms with Gasteiger partial charge in [-0.1, -0.05) is 12.1 Å². The Bertz CT molecular complexity index is 705. The van der Waals surface area contributed by atoms with Gasteiger partial charge in [0.05, 0.1) is 12.8 Å². The third-order valence-corrected chi connectivity index (χ3v) is 3.22. The van der Waals surface area contributed by atoms with Crippen LogP contribution >= 0.6 is 0 Å². The Labute approximate surface area is 111 Å². The van der Waals surface area contributed by atoms with Crippen molar-refractivity contribution in [3.05, 3.63) is 54.1 Å². The van der Waals surface area contributed by atoms with Crippen molar-refractivity contribution in [3.8, 4) is 0 Å². The largest absolute Gasteiger partial charge is 0.467 e. The molecule has 2 heterocycles. The summed E-state index contributed by atoms with van der Waals surface area (Å²) in [6.45, 7) is 2.61. The Kier molecular flexibility index (Phi) is 2.83. The van der Waals surface area contributed by atoms with E-state index in [1.807, 2.05) is 37.3 Å². The predicted octanol–water partition coefficient (Wildman–Crippen LogP) is 3.33. The fraction of sp³-hybridized carbons (Fsp3) is 0.133. The highest BCUT2D eigenvalue weighted by atomic mass is 16.3. The van der Waals surface area contributed by atoms with E-state index >= 15 is 0 Å². The summed E-state index contributed by atoms with van der Waals surface area (Å²) in [6, 6.07) is 9.79. The quantitative estimate of drug-likeness (QED) is 0.703. The fourth-order valence-electron chi connectivity index (χ4n) is 2.11. The second-order valence-electron chi connectivity index (χ2n) is 4.48. The van der Waals surface area contributed by atoms with Gasteiger partial charge < -0.3 is 15.5 Å². The number of nitrogen functional groups attached to an aromatic ring is 1. The highest BCUT2D eigenvalue weighted by Gasteiger charge is 2.06. The number of aryl methyl sites for hydroxylation is 1. The van der Waals surface area contributed by atoms with E-state index in [9.17, 15) is 0 Å². The lowest BCUT2D eigenvalue weighted by atomic mass is 10.1. The van der Waals surface area contributed by atoms with Crippen molar-refractivity contribution in [1.82, 2.24) is 4.98 Å². The van der Waals surface area contributed by atoms with Gasteiger partial charge in [-0.25, -0.2) is 4.98 Å². The number of fused-ring (bicyclic) bond motifs is 1. The van der Waals surface area contributed by atoms with Gasteiger partial charge in [0.2, 0.25) is 0 Å². The Balaban J connectivity index is 1.97. The second-order valence-corrected chi connectivity index (χ2v) is 4.48. The van der Waals surface area contributed by atoms with Crippen molar-refractivity contribution in [2.24, 2.45) is 0 Å². The third-order valence-electron chi connectivity index (χ3n) is 3.22. The molecule has 3 rings (SSSR count). The van der Waals surface area contributed by atoms with E-state index in [1.165, 1.54) is 0 Å². The second kappa shape index (κ2) is 4.65. The molecule has 0 unspecified atom stereocenters. The Morgan fingerprint density at radius 2 is 2.11 bits per heavy atom. The van der Waals surface area contributed by atoms with Crippen LogP contribution in [0.25, 0.3) is 10.8 Å². The highest BCUT2D eigenvalue weighted by molar-refractivity contribution is 6.00. The SMILES string of the molecule is Cc1ccc2c(NCc3ccco3)nccc2c1N. The van der Waals surface area contributed by atoms with E-state index in [0.717, 1.165) is 33.6 Å². The Morgan fingerprint density at radius 1 is 1.21 bits per heavy atom. The van der Waals surface area contributed by atoms with E-state index in [0.29, 0.717) is 6.54 Å². The summed E-state index contributed by atoms with van der Waals surface area (Å²) in [5.74, 6) is 1.69. The lowest BCUT2D eigenvalue weighted by molar-refractivity contribution is 0.518. The average Bonchev–Trinajstić information content (AvgIpc) is 2.94. The number of aromatic nitrogens is 1. The van der Waals surface area contributed by atoms with Gasteiger partial charge in [0, 0.05) is 22.7 Å². The van der Waals surface area contributed by atoms with Crippen molar-refractivity contribution in [1.29, 1.82) is 0 Å². The molecule has 0 aliphatic carbocycles. The molecule has 2 aromatic heterocycles. The van der Waals surface area contributed by atoms with Crippen LogP contribution in [0.1, 0.15) is 11.3 Å². The van der Waals surface area contributed by atoms with E-state index in [2.05, 4.69) is 10.3 Å². The van der Waals surface area contributed by atoms with Gasteiger partial charge in [0.1, 0.15) is 11.6 Å². The van der Waals surface area contributed by atoms with Crippen LogP contribution in [0.2, 0.25) is 0 Å². The minimum atomic E-state index is 0.604. The van der Waals surface area contributed by atoms with Gasteiger partial charge in [-0.05, 0) is 30.7 Å². The molecule has 0 atom stereocenters. The first kappa shape index (κ1) is 11.6. The fourth-order valence-corrected chi connectivity index (χ4v) is 2.11. The van der Waals surface area contributed by atoms with Crippen LogP contribution in [0.3, 0.4) is 0 Å². The van der Waals surface area contributed by atoms with E-state index in [1.54, 1.807) is 12.5 Å². The molecule has 4 heteroatoms. The van der Waals surface area contributed by atoms with Crippen molar-refractivity contribution in [3.63, 3.8) is 0 Å². The van der Waals surface area contributed by atoms with Crippen LogP contribution < -0.4 is 11.1 Å². The molecule has 4 nitrogen and oxygen atoms in total. The number of nitrogens with one attached hydrogen (secondary N) is 1. The number of rotatable bonds is 3. The lowest BCUT2D eigenvalue weighted by Gasteiger charge is -2.10. The summed E-state index contributed by atoms with van der Waals surface area (Å²) in [5.41, 5.74) is 7.99. The number of furan rings is 1. The molecule has 0 saturated carbocycles. The molecule has 0 amide bonds. The van der Waals surface area contributed by atoms with Crippen molar-refractivity contribution in [2.45, 2.75) is 13.5 Å². The third kappa shape index (κ3) is 2.12. The summed E-state index contributed by atoms with van der Waals surface area (Å²) >= 11 is 0. The molecule has 0 aliphatic rings. The molecule has 3 N–H and O–H groups in total.